The van der Waals surface area contributed by atoms with Crippen molar-refractivity contribution in [1.82, 2.24) is 5.32 Å². The van der Waals surface area contributed by atoms with Crippen LogP contribution >= 0.6 is 0 Å². The van der Waals surface area contributed by atoms with Gasteiger partial charge in [-0.15, -0.1) is 0 Å². The van der Waals surface area contributed by atoms with E-state index in [1.54, 1.807) is 0 Å². The van der Waals surface area contributed by atoms with Crippen LogP contribution < -0.4 is 14.8 Å². The lowest BCUT2D eigenvalue weighted by Gasteiger charge is -2.16. The van der Waals surface area contributed by atoms with Gasteiger partial charge in [0.15, 0.2) is 6.61 Å². The van der Waals surface area contributed by atoms with Gasteiger partial charge in [-0.25, -0.2) is 0 Å². The van der Waals surface area contributed by atoms with Crippen molar-refractivity contribution in [3.8, 4) is 11.5 Å². The molecule has 0 radical (unpaired) electrons. The summed E-state index contributed by atoms with van der Waals surface area (Å²) in [5.41, 5.74) is 3.92. The highest BCUT2D eigenvalue weighted by Gasteiger charge is 2.10. The normalized spacial score (nSPS) is 13.0. The van der Waals surface area contributed by atoms with Gasteiger partial charge < -0.3 is 14.8 Å². The number of fused-ring (bicyclic) bond motifs is 1. The van der Waals surface area contributed by atoms with E-state index in [1.807, 2.05) is 37.3 Å². The summed E-state index contributed by atoms with van der Waals surface area (Å²) in [5.74, 6) is 1.46. The Morgan fingerprint density at radius 1 is 1.00 bits per heavy atom. The minimum Gasteiger partial charge on any atom is -0.492 e. The van der Waals surface area contributed by atoms with Gasteiger partial charge in [0.25, 0.3) is 5.91 Å². The number of nitrogens with one attached hydrogen (secondary N) is 1. The van der Waals surface area contributed by atoms with Crippen LogP contribution in [0.15, 0.2) is 42.5 Å². The average Bonchev–Trinajstić information content (AvgIpc) is 2.63. The van der Waals surface area contributed by atoms with E-state index < -0.39 is 0 Å². The molecule has 4 heteroatoms. The highest BCUT2D eigenvalue weighted by atomic mass is 16.5. The third-order valence-electron chi connectivity index (χ3n) is 4.37. The molecule has 0 unspecified atom stereocenters. The van der Waals surface area contributed by atoms with Gasteiger partial charge in [-0.3, -0.25) is 4.79 Å². The molecule has 2 aromatic rings. The van der Waals surface area contributed by atoms with E-state index >= 15 is 0 Å². The molecular weight excluding hydrogens is 314 g/mol. The molecule has 0 atom stereocenters. The summed E-state index contributed by atoms with van der Waals surface area (Å²) < 4.78 is 11.2. The lowest BCUT2D eigenvalue weighted by molar-refractivity contribution is -0.123. The molecule has 132 valence electrons. The first-order valence-corrected chi connectivity index (χ1v) is 8.91. The first-order chi connectivity index (χ1) is 12.2. The van der Waals surface area contributed by atoms with E-state index in [0.29, 0.717) is 13.2 Å². The Morgan fingerprint density at radius 3 is 2.64 bits per heavy atom. The molecule has 0 heterocycles. The van der Waals surface area contributed by atoms with Crippen molar-refractivity contribution in [3.05, 3.63) is 59.2 Å². The zero-order chi connectivity index (χ0) is 17.5. The fourth-order valence-electron chi connectivity index (χ4n) is 3.06. The van der Waals surface area contributed by atoms with Gasteiger partial charge in [-0.05, 0) is 73.6 Å². The number of benzene rings is 2. The number of rotatable bonds is 7. The molecule has 0 aromatic heterocycles. The van der Waals surface area contributed by atoms with Gasteiger partial charge in [0.05, 0.1) is 6.54 Å². The smallest absolute Gasteiger partial charge is 0.258 e. The van der Waals surface area contributed by atoms with E-state index in [2.05, 4.69) is 17.4 Å². The third kappa shape index (κ3) is 5.24. The number of ether oxygens (including phenoxy) is 2. The van der Waals surface area contributed by atoms with Crippen LogP contribution in [0.2, 0.25) is 0 Å². The molecule has 2 aromatic carbocycles. The van der Waals surface area contributed by atoms with Crippen LogP contribution in [-0.4, -0.2) is 25.7 Å². The lowest BCUT2D eigenvalue weighted by atomic mass is 9.92. The summed E-state index contributed by atoms with van der Waals surface area (Å²) in [6.45, 7) is 2.95. The maximum atomic E-state index is 11.9. The Kier molecular flexibility index (Phi) is 5.94. The van der Waals surface area contributed by atoms with E-state index in [1.165, 1.54) is 24.0 Å². The average molecular weight is 339 g/mol. The first-order valence-electron chi connectivity index (χ1n) is 8.91. The molecule has 0 spiro atoms. The molecule has 3 rings (SSSR count). The maximum Gasteiger partial charge on any atom is 0.258 e. The topological polar surface area (TPSA) is 47.6 Å². The van der Waals surface area contributed by atoms with E-state index in [-0.39, 0.29) is 12.5 Å². The maximum absolute atomic E-state index is 11.9. The van der Waals surface area contributed by atoms with Crippen molar-refractivity contribution in [2.45, 2.75) is 32.6 Å². The summed E-state index contributed by atoms with van der Waals surface area (Å²) in [5, 5.41) is 2.81. The van der Waals surface area contributed by atoms with Crippen molar-refractivity contribution in [2.75, 3.05) is 19.8 Å². The fraction of sp³-hybridized carbons (Fsp3) is 0.381. The molecule has 25 heavy (non-hydrogen) atoms. The molecule has 1 aliphatic carbocycles. The van der Waals surface area contributed by atoms with Crippen LogP contribution in [0.4, 0.5) is 0 Å². The van der Waals surface area contributed by atoms with Gasteiger partial charge in [0.2, 0.25) is 0 Å². The van der Waals surface area contributed by atoms with Crippen molar-refractivity contribution < 1.29 is 14.3 Å². The van der Waals surface area contributed by atoms with Crippen LogP contribution in [0.5, 0.6) is 11.5 Å². The number of hydrogen-bond donors (Lipinski definition) is 1. The van der Waals surface area contributed by atoms with E-state index in [9.17, 15) is 4.79 Å². The zero-order valence-corrected chi connectivity index (χ0v) is 14.7. The molecule has 1 aliphatic rings. The van der Waals surface area contributed by atoms with Crippen molar-refractivity contribution in [2.24, 2.45) is 0 Å². The van der Waals surface area contributed by atoms with Gasteiger partial charge in [0, 0.05) is 0 Å². The standard InChI is InChI=1S/C21H25NO3/c1-16-5-4-8-19(13-16)24-12-11-22-21(23)15-25-20-10-9-17-6-2-3-7-18(17)14-20/h4-5,8-10,13-14H,2-3,6-7,11-12,15H2,1H3,(H,22,23). The molecule has 0 saturated heterocycles. The molecular formula is C21H25NO3. The van der Waals surface area contributed by atoms with E-state index in [0.717, 1.165) is 29.9 Å². The third-order valence-corrected chi connectivity index (χ3v) is 4.37. The van der Waals surface area contributed by atoms with Crippen LogP contribution in [0.25, 0.3) is 0 Å². The SMILES string of the molecule is Cc1cccc(OCCNC(=O)COc2ccc3c(c2)CCCC3)c1. The fourth-order valence-corrected chi connectivity index (χ4v) is 3.06. The van der Waals surface area contributed by atoms with Crippen LogP contribution in [0.3, 0.4) is 0 Å². The van der Waals surface area contributed by atoms with Gasteiger partial charge in [0.1, 0.15) is 18.1 Å². The highest BCUT2D eigenvalue weighted by molar-refractivity contribution is 5.77. The Labute approximate surface area is 149 Å². The van der Waals surface area contributed by atoms with Crippen molar-refractivity contribution in [3.63, 3.8) is 0 Å². The van der Waals surface area contributed by atoms with Gasteiger partial charge in [-0.2, -0.15) is 0 Å². The molecule has 4 nitrogen and oxygen atoms in total. The summed E-state index contributed by atoms with van der Waals surface area (Å²) in [6, 6.07) is 14.0. The molecule has 0 saturated carbocycles. The Bertz CT molecular complexity index is 727. The number of amides is 1. The van der Waals surface area contributed by atoms with Crippen LogP contribution in [0, 0.1) is 6.92 Å². The highest BCUT2D eigenvalue weighted by Crippen LogP contribution is 2.25. The predicted octanol–water partition coefficient (Wildman–Crippen LogP) is 3.45. The van der Waals surface area contributed by atoms with Crippen molar-refractivity contribution in [1.29, 1.82) is 0 Å². The first kappa shape index (κ1) is 17.3. The minimum absolute atomic E-state index is 0.0310. The van der Waals surface area contributed by atoms with Crippen LogP contribution in [-0.2, 0) is 17.6 Å². The van der Waals surface area contributed by atoms with E-state index in [4.69, 9.17) is 9.47 Å². The van der Waals surface area contributed by atoms with Gasteiger partial charge >= 0.3 is 0 Å². The van der Waals surface area contributed by atoms with Crippen LogP contribution in [0.1, 0.15) is 29.5 Å². The molecule has 0 aliphatic heterocycles. The lowest BCUT2D eigenvalue weighted by Crippen LogP contribution is -2.32. The molecule has 0 fully saturated rings. The zero-order valence-electron chi connectivity index (χ0n) is 14.7. The molecule has 1 amide bonds. The number of carbonyl (C=O) groups excluding carboxylic acids is 1. The number of carbonyl (C=O) groups is 1. The second-order valence-corrected chi connectivity index (χ2v) is 6.44. The van der Waals surface area contributed by atoms with Gasteiger partial charge in [-0.1, -0.05) is 18.2 Å². The Morgan fingerprint density at radius 2 is 1.80 bits per heavy atom. The summed E-state index contributed by atoms with van der Waals surface area (Å²) in [7, 11) is 0. The summed E-state index contributed by atoms with van der Waals surface area (Å²) in [4.78, 5) is 11.9. The Balaban J connectivity index is 1.37. The number of aryl methyl sites for hydroxylation is 3. The summed E-state index contributed by atoms with van der Waals surface area (Å²) >= 11 is 0. The largest absolute Gasteiger partial charge is 0.492 e. The second-order valence-electron chi connectivity index (χ2n) is 6.44. The minimum atomic E-state index is -0.134. The van der Waals surface area contributed by atoms with Crippen molar-refractivity contribution >= 4 is 5.91 Å². The molecule has 1 N–H and O–H groups in total. The molecule has 0 bridgehead atoms. The monoisotopic (exact) mass is 339 g/mol. The summed E-state index contributed by atoms with van der Waals surface area (Å²) in [6.07, 6.45) is 4.75. The number of hydrogen-bond acceptors (Lipinski definition) is 3. The quantitative estimate of drug-likeness (QED) is 0.786. The predicted molar refractivity (Wildman–Crippen MR) is 98.3 cm³/mol. The Hall–Kier alpha value is -2.49. The second kappa shape index (κ2) is 8.56.